The molecule has 0 amide bonds. The summed E-state index contributed by atoms with van der Waals surface area (Å²) >= 11 is 0. The third kappa shape index (κ3) is 7.79. The van der Waals surface area contributed by atoms with E-state index in [9.17, 15) is 12.8 Å². The highest BCUT2D eigenvalue weighted by atomic mass is 127. The Bertz CT molecular complexity index is 904. The number of hydrogen-bond donors (Lipinski definition) is 2. The molecule has 0 radical (unpaired) electrons. The van der Waals surface area contributed by atoms with E-state index in [-0.39, 0.29) is 36.3 Å². The van der Waals surface area contributed by atoms with Gasteiger partial charge in [-0.25, -0.2) is 12.8 Å². The van der Waals surface area contributed by atoms with E-state index >= 15 is 0 Å². The summed E-state index contributed by atoms with van der Waals surface area (Å²) in [7, 11) is -1.58. The SMILES string of the molecule is CN=C(NCc1cc(F)ccc1CS(C)(=O)=O)NCc1ncccc1C.I. The number of halogens is 2. The first-order valence-corrected chi connectivity index (χ1v) is 10.1. The molecule has 1 aromatic heterocycles. The van der Waals surface area contributed by atoms with Crippen LogP contribution in [0.5, 0.6) is 0 Å². The van der Waals surface area contributed by atoms with Crippen molar-refractivity contribution in [3.63, 3.8) is 0 Å². The molecule has 0 fully saturated rings. The number of benzene rings is 1. The van der Waals surface area contributed by atoms with Crippen LogP contribution in [0.1, 0.15) is 22.4 Å². The molecular weight excluding hydrogens is 482 g/mol. The van der Waals surface area contributed by atoms with E-state index in [2.05, 4.69) is 20.6 Å². The number of aryl methyl sites for hydroxylation is 1. The lowest BCUT2D eigenvalue weighted by Crippen LogP contribution is -2.37. The van der Waals surface area contributed by atoms with Crippen molar-refractivity contribution in [2.75, 3.05) is 13.3 Å². The Balaban J connectivity index is 0.00000364. The third-order valence-corrected chi connectivity index (χ3v) is 4.63. The molecule has 2 aromatic rings. The van der Waals surface area contributed by atoms with Crippen molar-refractivity contribution in [1.82, 2.24) is 15.6 Å². The lowest BCUT2D eigenvalue weighted by atomic mass is 10.1. The molecule has 0 saturated heterocycles. The first-order valence-electron chi connectivity index (χ1n) is 8.08. The summed E-state index contributed by atoms with van der Waals surface area (Å²) in [6.45, 7) is 2.72. The van der Waals surface area contributed by atoms with E-state index in [0.29, 0.717) is 23.6 Å². The zero-order valence-electron chi connectivity index (χ0n) is 15.5. The maximum absolute atomic E-state index is 13.6. The van der Waals surface area contributed by atoms with Crippen LogP contribution >= 0.6 is 24.0 Å². The third-order valence-electron chi connectivity index (χ3n) is 3.80. The summed E-state index contributed by atoms with van der Waals surface area (Å²) < 4.78 is 36.7. The average Bonchev–Trinajstić information content (AvgIpc) is 2.57. The van der Waals surface area contributed by atoms with Crippen molar-refractivity contribution < 1.29 is 12.8 Å². The minimum Gasteiger partial charge on any atom is -0.352 e. The average molecular weight is 506 g/mol. The van der Waals surface area contributed by atoms with E-state index in [1.807, 2.05) is 19.1 Å². The number of aromatic nitrogens is 1. The van der Waals surface area contributed by atoms with Crippen molar-refractivity contribution in [2.45, 2.75) is 25.8 Å². The topological polar surface area (TPSA) is 83.5 Å². The number of pyridine rings is 1. The predicted molar refractivity (Wildman–Crippen MR) is 116 cm³/mol. The second kappa shape index (κ2) is 10.5. The normalized spacial score (nSPS) is 11.6. The van der Waals surface area contributed by atoms with Gasteiger partial charge < -0.3 is 10.6 Å². The fourth-order valence-corrected chi connectivity index (χ4v) is 3.30. The van der Waals surface area contributed by atoms with E-state index in [0.717, 1.165) is 17.5 Å². The highest BCUT2D eigenvalue weighted by Crippen LogP contribution is 2.14. The van der Waals surface area contributed by atoms with Gasteiger partial charge in [0.25, 0.3) is 0 Å². The number of hydrogen-bond acceptors (Lipinski definition) is 4. The molecule has 2 N–H and O–H groups in total. The van der Waals surface area contributed by atoms with Gasteiger partial charge in [0.2, 0.25) is 0 Å². The minimum atomic E-state index is -3.21. The molecule has 0 aliphatic rings. The van der Waals surface area contributed by atoms with Gasteiger partial charge in [0.05, 0.1) is 18.0 Å². The highest BCUT2D eigenvalue weighted by Gasteiger charge is 2.11. The quantitative estimate of drug-likeness (QED) is 0.358. The van der Waals surface area contributed by atoms with Crippen LogP contribution in [0.25, 0.3) is 0 Å². The van der Waals surface area contributed by atoms with Crippen molar-refractivity contribution in [3.05, 3.63) is 64.7 Å². The van der Waals surface area contributed by atoms with E-state index in [1.165, 1.54) is 18.2 Å². The van der Waals surface area contributed by atoms with Crippen LogP contribution in [0.3, 0.4) is 0 Å². The van der Waals surface area contributed by atoms with Crippen LogP contribution in [-0.4, -0.2) is 32.7 Å². The van der Waals surface area contributed by atoms with Gasteiger partial charge in [-0.15, -0.1) is 24.0 Å². The van der Waals surface area contributed by atoms with Crippen molar-refractivity contribution >= 4 is 39.8 Å². The van der Waals surface area contributed by atoms with Gasteiger partial charge in [-0.2, -0.15) is 0 Å². The molecule has 1 aromatic carbocycles. The van der Waals surface area contributed by atoms with Crippen molar-refractivity contribution in [2.24, 2.45) is 4.99 Å². The molecule has 0 saturated carbocycles. The summed E-state index contributed by atoms with van der Waals surface area (Å²) in [5, 5.41) is 6.22. The zero-order chi connectivity index (χ0) is 19.2. The number of sulfone groups is 1. The number of rotatable bonds is 6. The van der Waals surface area contributed by atoms with Crippen molar-refractivity contribution in [1.29, 1.82) is 0 Å². The smallest absolute Gasteiger partial charge is 0.191 e. The first kappa shape index (κ1) is 23.3. The van der Waals surface area contributed by atoms with Crippen LogP contribution < -0.4 is 10.6 Å². The fraction of sp³-hybridized carbons (Fsp3) is 0.333. The summed E-state index contributed by atoms with van der Waals surface area (Å²) in [6.07, 6.45) is 2.88. The summed E-state index contributed by atoms with van der Waals surface area (Å²) in [6, 6.07) is 7.95. The highest BCUT2D eigenvalue weighted by molar-refractivity contribution is 14.0. The molecule has 6 nitrogen and oxygen atoms in total. The van der Waals surface area contributed by atoms with Gasteiger partial charge in [-0.05, 0) is 41.8 Å². The fourth-order valence-electron chi connectivity index (χ4n) is 2.45. The molecule has 0 unspecified atom stereocenters. The molecule has 148 valence electrons. The molecule has 0 atom stereocenters. The van der Waals surface area contributed by atoms with Crippen LogP contribution in [0.2, 0.25) is 0 Å². The summed E-state index contributed by atoms with van der Waals surface area (Å²) in [5.74, 6) is -0.0283. The number of aliphatic imine (C=N–C) groups is 1. The second-order valence-electron chi connectivity index (χ2n) is 6.03. The maximum Gasteiger partial charge on any atom is 0.191 e. The Morgan fingerprint density at radius 3 is 2.52 bits per heavy atom. The largest absolute Gasteiger partial charge is 0.352 e. The molecule has 0 bridgehead atoms. The van der Waals surface area contributed by atoms with Crippen LogP contribution in [0.4, 0.5) is 4.39 Å². The Hall–Kier alpha value is -1.75. The van der Waals surface area contributed by atoms with E-state index < -0.39 is 15.7 Å². The number of nitrogens with zero attached hydrogens (tertiary/aromatic N) is 2. The Morgan fingerprint density at radius 2 is 1.89 bits per heavy atom. The van der Waals surface area contributed by atoms with E-state index in [4.69, 9.17) is 0 Å². The van der Waals surface area contributed by atoms with E-state index in [1.54, 1.807) is 13.2 Å². The monoisotopic (exact) mass is 506 g/mol. The summed E-state index contributed by atoms with van der Waals surface area (Å²) in [5.41, 5.74) is 3.11. The van der Waals surface area contributed by atoms with Gasteiger partial charge in [-0.3, -0.25) is 9.98 Å². The molecule has 1 heterocycles. The lowest BCUT2D eigenvalue weighted by molar-refractivity contribution is 0.599. The number of nitrogens with one attached hydrogen (secondary N) is 2. The number of guanidine groups is 1. The Kier molecular flexibility index (Phi) is 9.10. The standard InChI is InChI=1S/C18H23FN4O2S.HI/c1-13-5-4-8-21-17(13)11-23-18(20-2)22-10-15-9-16(19)7-6-14(15)12-26(3,24)25;/h4-9H,10-12H2,1-3H3,(H2,20,22,23);1H. The van der Waals surface area contributed by atoms with Gasteiger partial charge in [-0.1, -0.05) is 12.1 Å². The summed E-state index contributed by atoms with van der Waals surface area (Å²) in [4.78, 5) is 8.44. The van der Waals surface area contributed by atoms with Gasteiger partial charge in [0.15, 0.2) is 15.8 Å². The van der Waals surface area contributed by atoms with Crippen molar-refractivity contribution in [3.8, 4) is 0 Å². The predicted octanol–water partition coefficient (Wildman–Crippen LogP) is 2.56. The Morgan fingerprint density at radius 1 is 1.19 bits per heavy atom. The van der Waals surface area contributed by atoms with Crippen LogP contribution in [0.15, 0.2) is 41.5 Å². The zero-order valence-corrected chi connectivity index (χ0v) is 18.6. The molecule has 0 aliphatic carbocycles. The molecular formula is C18H24FIN4O2S. The molecule has 0 aliphatic heterocycles. The minimum absolute atomic E-state index is 0. The van der Waals surface area contributed by atoms with Crippen LogP contribution in [0, 0.1) is 12.7 Å². The second-order valence-corrected chi connectivity index (χ2v) is 8.17. The first-order chi connectivity index (χ1) is 12.3. The van der Waals surface area contributed by atoms with Gasteiger partial charge >= 0.3 is 0 Å². The lowest BCUT2D eigenvalue weighted by Gasteiger charge is -2.14. The molecule has 2 rings (SSSR count). The maximum atomic E-state index is 13.6. The molecule has 0 spiro atoms. The van der Waals surface area contributed by atoms with Gasteiger partial charge in [0, 0.05) is 26.0 Å². The molecule has 27 heavy (non-hydrogen) atoms. The van der Waals surface area contributed by atoms with Gasteiger partial charge in [0.1, 0.15) is 5.82 Å². The van der Waals surface area contributed by atoms with Crippen LogP contribution in [-0.2, 0) is 28.7 Å². The molecule has 9 heteroatoms. The Labute approximate surface area is 176 Å².